The third-order valence-corrected chi connectivity index (χ3v) is 6.90. The van der Waals surface area contributed by atoms with Crippen LogP contribution in [0.15, 0.2) is 60.8 Å². The smallest absolute Gasteiger partial charge is 0.174 e. The van der Waals surface area contributed by atoms with Crippen LogP contribution in [0, 0.1) is 11.6 Å². The molecule has 1 N–H and O–H groups in total. The molecule has 1 aliphatic rings. The van der Waals surface area contributed by atoms with Gasteiger partial charge in [-0.2, -0.15) is 0 Å². The van der Waals surface area contributed by atoms with Crippen molar-refractivity contribution < 1.29 is 8.78 Å². The summed E-state index contributed by atoms with van der Waals surface area (Å²) in [7, 11) is 0. The van der Waals surface area contributed by atoms with Crippen LogP contribution < -0.4 is 5.32 Å². The summed E-state index contributed by atoms with van der Waals surface area (Å²) in [5, 5.41) is 4.30. The quantitative estimate of drug-likeness (QED) is 0.289. The highest BCUT2D eigenvalue weighted by Crippen LogP contribution is 2.26. The largest absolute Gasteiger partial charge is 0.345 e. The first kappa shape index (κ1) is 23.7. The number of nitrogens with zero attached hydrogens (tertiary/aromatic N) is 2. The molecule has 1 fully saturated rings. The highest BCUT2D eigenvalue weighted by Gasteiger charge is 2.24. The molecule has 7 heteroatoms. The molecular weight excluding hydrogens is 460 g/mol. The predicted octanol–water partition coefficient (Wildman–Crippen LogP) is 7.39. The first-order valence-electron chi connectivity index (χ1n) is 11.4. The molecule has 1 aliphatic carbocycles. The number of rotatable bonds is 6. The predicted molar refractivity (Wildman–Crippen MR) is 135 cm³/mol. The molecular formula is C26H28ClF2N3S. The van der Waals surface area contributed by atoms with E-state index in [0.717, 1.165) is 48.0 Å². The average molecular weight is 488 g/mol. The Kier molecular flexibility index (Phi) is 7.99. The maximum absolute atomic E-state index is 13.7. The number of hydrogen-bond acceptors (Lipinski definition) is 1. The van der Waals surface area contributed by atoms with Gasteiger partial charge < -0.3 is 14.8 Å². The zero-order valence-corrected chi connectivity index (χ0v) is 20.0. The zero-order chi connectivity index (χ0) is 23.2. The van der Waals surface area contributed by atoms with E-state index < -0.39 is 11.6 Å². The fourth-order valence-corrected chi connectivity index (χ4v) is 5.02. The van der Waals surface area contributed by atoms with E-state index in [1.165, 1.54) is 25.0 Å². The Balaban J connectivity index is 1.57. The molecule has 1 aromatic heterocycles. The van der Waals surface area contributed by atoms with E-state index in [1.54, 1.807) is 0 Å². The van der Waals surface area contributed by atoms with Gasteiger partial charge in [0.1, 0.15) is 11.6 Å². The third kappa shape index (κ3) is 6.33. The first-order valence-corrected chi connectivity index (χ1v) is 12.2. The SMILES string of the molecule is Fc1cc(F)cc(NC(=S)N(Cc2cccn2Cc2ccccc2Cl)C2CCCCCC2)c1. The molecule has 4 rings (SSSR count). The molecule has 0 radical (unpaired) electrons. The molecule has 33 heavy (non-hydrogen) atoms. The van der Waals surface area contributed by atoms with E-state index >= 15 is 0 Å². The Hall–Kier alpha value is -2.44. The normalized spacial score (nSPS) is 14.6. The Morgan fingerprint density at radius 2 is 1.70 bits per heavy atom. The molecule has 3 aromatic rings. The van der Waals surface area contributed by atoms with Crippen LogP contribution in [-0.4, -0.2) is 20.6 Å². The fraction of sp³-hybridized carbons (Fsp3) is 0.346. The van der Waals surface area contributed by atoms with Crippen molar-refractivity contribution in [2.45, 2.75) is 57.7 Å². The molecule has 1 heterocycles. The maximum Gasteiger partial charge on any atom is 0.174 e. The minimum absolute atomic E-state index is 0.273. The van der Waals surface area contributed by atoms with E-state index in [0.29, 0.717) is 23.9 Å². The van der Waals surface area contributed by atoms with Gasteiger partial charge in [0, 0.05) is 41.3 Å². The molecule has 1 saturated carbocycles. The molecule has 2 aromatic carbocycles. The van der Waals surface area contributed by atoms with Crippen LogP contribution in [-0.2, 0) is 13.1 Å². The van der Waals surface area contributed by atoms with E-state index in [2.05, 4.69) is 20.9 Å². The van der Waals surface area contributed by atoms with Gasteiger partial charge in [0.25, 0.3) is 0 Å². The Morgan fingerprint density at radius 1 is 1.00 bits per heavy atom. The summed E-state index contributed by atoms with van der Waals surface area (Å²) in [6.45, 7) is 1.27. The zero-order valence-electron chi connectivity index (χ0n) is 18.4. The standard InChI is InChI=1S/C26H28ClF2N3S/c27-25-12-6-5-8-19(25)17-31-13-7-11-24(31)18-32(23-9-3-1-2-4-10-23)26(33)30-22-15-20(28)14-21(29)16-22/h5-8,11-16,23H,1-4,9-10,17-18H2,(H,30,33). The lowest BCUT2D eigenvalue weighted by atomic mass is 10.1. The summed E-state index contributed by atoms with van der Waals surface area (Å²) in [5.74, 6) is -1.26. The summed E-state index contributed by atoms with van der Waals surface area (Å²) in [6.07, 6.45) is 8.89. The van der Waals surface area contributed by atoms with Crippen molar-refractivity contribution in [3.05, 3.63) is 88.7 Å². The minimum atomic E-state index is -0.630. The second-order valence-electron chi connectivity index (χ2n) is 8.58. The van der Waals surface area contributed by atoms with Gasteiger partial charge in [-0.15, -0.1) is 0 Å². The second kappa shape index (κ2) is 11.1. The summed E-state index contributed by atoms with van der Waals surface area (Å²) in [4.78, 5) is 2.18. The van der Waals surface area contributed by atoms with Crippen LogP contribution in [0.25, 0.3) is 0 Å². The topological polar surface area (TPSA) is 20.2 Å². The molecule has 0 saturated heterocycles. The van der Waals surface area contributed by atoms with Crippen molar-refractivity contribution in [3.8, 4) is 0 Å². The van der Waals surface area contributed by atoms with Crippen molar-refractivity contribution in [2.75, 3.05) is 5.32 Å². The van der Waals surface area contributed by atoms with Crippen molar-refractivity contribution in [3.63, 3.8) is 0 Å². The minimum Gasteiger partial charge on any atom is -0.345 e. The number of halogens is 3. The van der Waals surface area contributed by atoms with Crippen molar-refractivity contribution in [1.82, 2.24) is 9.47 Å². The second-order valence-corrected chi connectivity index (χ2v) is 9.37. The highest BCUT2D eigenvalue weighted by atomic mass is 35.5. The lowest BCUT2D eigenvalue weighted by molar-refractivity contribution is 0.274. The van der Waals surface area contributed by atoms with Crippen LogP contribution in [0.1, 0.15) is 49.8 Å². The van der Waals surface area contributed by atoms with Crippen LogP contribution in [0.3, 0.4) is 0 Å². The molecule has 0 unspecified atom stereocenters. The van der Waals surface area contributed by atoms with Gasteiger partial charge in [-0.1, -0.05) is 55.5 Å². The van der Waals surface area contributed by atoms with Crippen LogP contribution in [0.4, 0.5) is 14.5 Å². The van der Waals surface area contributed by atoms with Gasteiger partial charge in [0.15, 0.2) is 5.11 Å². The number of thiocarbonyl (C=S) groups is 1. The maximum atomic E-state index is 13.7. The van der Waals surface area contributed by atoms with E-state index in [9.17, 15) is 8.78 Å². The number of aromatic nitrogens is 1. The first-order chi connectivity index (χ1) is 16.0. The number of nitrogens with one attached hydrogen (secondary N) is 1. The Bertz CT molecular complexity index is 1070. The van der Waals surface area contributed by atoms with Gasteiger partial charge in [0.05, 0.1) is 6.54 Å². The monoisotopic (exact) mass is 487 g/mol. The average Bonchev–Trinajstić information content (AvgIpc) is 3.02. The highest BCUT2D eigenvalue weighted by molar-refractivity contribution is 7.80. The van der Waals surface area contributed by atoms with E-state index in [1.807, 2.05) is 36.5 Å². The van der Waals surface area contributed by atoms with E-state index in [-0.39, 0.29) is 6.04 Å². The number of benzene rings is 2. The Labute approximate surface area is 204 Å². The molecule has 0 atom stereocenters. The summed E-state index contributed by atoms with van der Waals surface area (Å²) >= 11 is 12.2. The van der Waals surface area contributed by atoms with Gasteiger partial charge in [-0.05, 0) is 61.0 Å². The third-order valence-electron chi connectivity index (χ3n) is 6.19. The molecule has 0 amide bonds. The van der Waals surface area contributed by atoms with Crippen LogP contribution in [0.5, 0.6) is 0 Å². The van der Waals surface area contributed by atoms with Crippen LogP contribution in [0.2, 0.25) is 5.02 Å². The lowest BCUT2D eigenvalue weighted by Gasteiger charge is -2.34. The van der Waals surface area contributed by atoms with Crippen molar-refractivity contribution in [2.24, 2.45) is 0 Å². The van der Waals surface area contributed by atoms with Crippen molar-refractivity contribution in [1.29, 1.82) is 0 Å². The van der Waals surface area contributed by atoms with Crippen molar-refractivity contribution >= 4 is 34.6 Å². The van der Waals surface area contributed by atoms with Gasteiger partial charge in [-0.3, -0.25) is 0 Å². The van der Waals surface area contributed by atoms with Gasteiger partial charge >= 0.3 is 0 Å². The van der Waals surface area contributed by atoms with Gasteiger partial charge in [-0.25, -0.2) is 8.78 Å². The summed E-state index contributed by atoms with van der Waals surface area (Å²) in [6, 6.07) is 15.6. The fourth-order valence-electron chi connectivity index (χ4n) is 4.49. The lowest BCUT2D eigenvalue weighted by Crippen LogP contribution is -2.42. The van der Waals surface area contributed by atoms with E-state index in [4.69, 9.17) is 23.8 Å². The number of hydrogen-bond donors (Lipinski definition) is 1. The van der Waals surface area contributed by atoms with Gasteiger partial charge in [0.2, 0.25) is 0 Å². The summed E-state index contributed by atoms with van der Waals surface area (Å²) < 4.78 is 29.6. The number of anilines is 1. The molecule has 174 valence electrons. The summed E-state index contributed by atoms with van der Waals surface area (Å²) in [5.41, 5.74) is 2.48. The molecule has 0 aliphatic heterocycles. The molecule has 3 nitrogen and oxygen atoms in total. The molecule has 0 spiro atoms. The Morgan fingerprint density at radius 3 is 2.39 bits per heavy atom. The molecule has 0 bridgehead atoms. The van der Waals surface area contributed by atoms with Crippen LogP contribution >= 0.6 is 23.8 Å².